The monoisotopic (exact) mass is 518 g/mol. The molecule has 2 aromatic carbocycles. The van der Waals surface area contributed by atoms with Gasteiger partial charge < -0.3 is 19.5 Å². The number of para-hydroxylation sites is 3. The fourth-order valence-electron chi connectivity index (χ4n) is 5.71. The largest absolute Gasteiger partial charge is 0.506 e. The molecule has 6 rings (SSSR count). The summed E-state index contributed by atoms with van der Waals surface area (Å²) in [7, 11) is 0. The summed E-state index contributed by atoms with van der Waals surface area (Å²) in [4.78, 5) is 44.4. The second-order valence-electron chi connectivity index (χ2n) is 10.1. The first-order valence-corrected chi connectivity index (χ1v) is 13.0. The molecule has 10 heteroatoms. The van der Waals surface area contributed by atoms with Crippen molar-refractivity contribution < 1.29 is 29.0 Å². The van der Waals surface area contributed by atoms with Gasteiger partial charge in [-0.15, -0.1) is 0 Å². The molecule has 0 saturated carbocycles. The van der Waals surface area contributed by atoms with Gasteiger partial charge in [-0.25, -0.2) is 4.79 Å². The highest BCUT2D eigenvalue weighted by molar-refractivity contribution is 6.05. The highest BCUT2D eigenvalue weighted by Crippen LogP contribution is 2.40. The lowest BCUT2D eigenvalue weighted by Gasteiger charge is -2.34. The molecular formula is C28H30N4O6. The zero-order chi connectivity index (χ0) is 26.2. The molecule has 10 nitrogen and oxygen atoms in total. The maximum atomic E-state index is 13.1. The Hall–Kier alpha value is -3.89. The van der Waals surface area contributed by atoms with E-state index in [-0.39, 0.29) is 48.4 Å². The first-order chi connectivity index (χ1) is 18.5. The van der Waals surface area contributed by atoms with E-state index in [4.69, 9.17) is 9.47 Å². The van der Waals surface area contributed by atoms with Gasteiger partial charge in [-0.05, 0) is 37.1 Å². The zero-order valence-electron chi connectivity index (χ0n) is 20.8. The topological polar surface area (TPSA) is 115 Å². The number of ether oxygens (including phenoxy) is 2. The lowest BCUT2D eigenvalue weighted by Crippen LogP contribution is -2.51. The van der Waals surface area contributed by atoms with Gasteiger partial charge in [-0.3, -0.25) is 24.7 Å². The fraction of sp³-hybridized carbons (Fsp3) is 0.393. The Labute approximate surface area is 220 Å². The van der Waals surface area contributed by atoms with Crippen LogP contribution in [0.5, 0.6) is 5.75 Å². The van der Waals surface area contributed by atoms with Crippen molar-refractivity contribution in [1.82, 2.24) is 9.80 Å². The van der Waals surface area contributed by atoms with Crippen molar-refractivity contribution in [3.63, 3.8) is 0 Å². The molecule has 4 aliphatic rings. The number of fused-ring (bicyclic) bond motifs is 2. The number of carbonyl (C=O) groups is 3. The third-order valence-electron chi connectivity index (χ3n) is 7.65. The summed E-state index contributed by atoms with van der Waals surface area (Å²) in [5.74, 6) is -0.900. The van der Waals surface area contributed by atoms with Crippen LogP contribution in [0.25, 0.3) is 0 Å². The third kappa shape index (κ3) is 4.72. The summed E-state index contributed by atoms with van der Waals surface area (Å²) < 4.78 is 11.7. The average Bonchev–Trinajstić information content (AvgIpc) is 3.70. The number of rotatable bonds is 7. The molecule has 5 atom stereocenters. The maximum absolute atomic E-state index is 13.1. The van der Waals surface area contributed by atoms with E-state index in [2.05, 4.69) is 10.2 Å². The van der Waals surface area contributed by atoms with Gasteiger partial charge in [0.2, 0.25) is 11.8 Å². The SMILES string of the molecule is O=C(Nc1ccccc1)OC(CN1C(=O)C2CC=CCC2C1=O)CN1CCN(c2ccccc2O)C2OC21. The molecule has 2 aromatic rings. The van der Waals surface area contributed by atoms with Crippen LogP contribution in [0, 0.1) is 11.8 Å². The van der Waals surface area contributed by atoms with Crippen LogP contribution in [-0.4, -0.2) is 77.6 Å². The number of anilines is 2. The smallest absolute Gasteiger partial charge is 0.412 e. The number of benzene rings is 2. The molecule has 0 aromatic heterocycles. The van der Waals surface area contributed by atoms with Crippen LogP contribution in [0.1, 0.15) is 12.8 Å². The Morgan fingerprint density at radius 1 is 0.947 bits per heavy atom. The van der Waals surface area contributed by atoms with Gasteiger partial charge in [-0.2, -0.15) is 0 Å². The van der Waals surface area contributed by atoms with E-state index in [0.717, 1.165) is 0 Å². The molecule has 3 aliphatic heterocycles. The van der Waals surface area contributed by atoms with Gasteiger partial charge >= 0.3 is 6.09 Å². The second-order valence-corrected chi connectivity index (χ2v) is 10.1. The summed E-state index contributed by atoms with van der Waals surface area (Å²) >= 11 is 0. The number of likely N-dealkylation sites (tertiary alicyclic amines) is 1. The first kappa shape index (κ1) is 24.4. The minimum absolute atomic E-state index is 0.00997. The predicted octanol–water partition coefficient (Wildman–Crippen LogP) is 2.77. The van der Waals surface area contributed by atoms with Crippen molar-refractivity contribution in [2.45, 2.75) is 31.4 Å². The molecule has 3 saturated heterocycles. The van der Waals surface area contributed by atoms with Gasteiger partial charge in [0.05, 0.1) is 24.1 Å². The number of aromatic hydroxyl groups is 1. The zero-order valence-corrected chi connectivity index (χ0v) is 20.8. The molecule has 3 amide bonds. The molecule has 1 aliphatic carbocycles. The van der Waals surface area contributed by atoms with Crippen molar-refractivity contribution in [2.75, 3.05) is 36.4 Å². The highest BCUT2D eigenvalue weighted by Gasteiger charge is 2.53. The van der Waals surface area contributed by atoms with E-state index in [1.165, 1.54) is 4.90 Å². The summed E-state index contributed by atoms with van der Waals surface area (Å²) in [6, 6.07) is 16.1. The van der Waals surface area contributed by atoms with E-state index < -0.39 is 12.2 Å². The van der Waals surface area contributed by atoms with Gasteiger partial charge in [0.15, 0.2) is 12.5 Å². The molecule has 5 unspecified atom stereocenters. The molecule has 198 valence electrons. The highest BCUT2D eigenvalue weighted by atomic mass is 16.6. The predicted molar refractivity (Wildman–Crippen MR) is 138 cm³/mol. The van der Waals surface area contributed by atoms with Gasteiger partial charge in [0.1, 0.15) is 11.9 Å². The molecule has 3 fully saturated rings. The van der Waals surface area contributed by atoms with E-state index in [9.17, 15) is 19.5 Å². The van der Waals surface area contributed by atoms with E-state index >= 15 is 0 Å². The van der Waals surface area contributed by atoms with E-state index in [1.807, 2.05) is 35.3 Å². The minimum atomic E-state index is -0.749. The number of imide groups is 1. The van der Waals surface area contributed by atoms with Crippen molar-refractivity contribution in [3.8, 4) is 5.75 Å². The number of allylic oxidation sites excluding steroid dienone is 2. The number of piperazine rings is 1. The van der Waals surface area contributed by atoms with Crippen molar-refractivity contribution in [2.24, 2.45) is 11.8 Å². The van der Waals surface area contributed by atoms with Crippen LogP contribution in [-0.2, 0) is 19.1 Å². The van der Waals surface area contributed by atoms with Crippen LogP contribution in [0.15, 0.2) is 66.7 Å². The number of hydrogen-bond donors (Lipinski definition) is 2. The quantitative estimate of drug-likeness (QED) is 0.327. The van der Waals surface area contributed by atoms with Crippen LogP contribution < -0.4 is 10.2 Å². The fourth-order valence-corrected chi connectivity index (χ4v) is 5.71. The maximum Gasteiger partial charge on any atom is 0.412 e. The summed E-state index contributed by atoms with van der Waals surface area (Å²) in [6.45, 7) is 1.47. The molecule has 2 N–H and O–H groups in total. The van der Waals surface area contributed by atoms with Crippen LogP contribution in [0.2, 0.25) is 0 Å². The van der Waals surface area contributed by atoms with Crippen LogP contribution in [0.4, 0.5) is 16.2 Å². The number of carbonyl (C=O) groups excluding carboxylic acids is 3. The standard InChI is InChI=1S/C28H30N4O6/c33-23-13-7-6-12-22(23)31-15-14-30(26-27(31)38-26)16-19(37-28(36)29-18-8-2-1-3-9-18)17-32-24(34)20-10-4-5-11-21(20)25(32)35/h1-9,12-13,19-21,26-27,33H,10-11,14-17H2,(H,29,36). The number of nitrogens with zero attached hydrogens (tertiary/aromatic N) is 3. The summed E-state index contributed by atoms with van der Waals surface area (Å²) in [5, 5.41) is 13.0. The first-order valence-electron chi connectivity index (χ1n) is 13.0. The number of nitrogens with one attached hydrogen (secondary N) is 1. The Balaban J connectivity index is 1.15. The number of phenols is 1. The Morgan fingerprint density at radius 3 is 2.34 bits per heavy atom. The van der Waals surface area contributed by atoms with Gasteiger partial charge in [-0.1, -0.05) is 42.5 Å². The van der Waals surface area contributed by atoms with Crippen molar-refractivity contribution in [1.29, 1.82) is 0 Å². The van der Waals surface area contributed by atoms with Crippen LogP contribution >= 0.6 is 0 Å². The minimum Gasteiger partial charge on any atom is -0.506 e. The van der Waals surface area contributed by atoms with Crippen molar-refractivity contribution >= 4 is 29.3 Å². The molecule has 0 spiro atoms. The lowest BCUT2D eigenvalue weighted by molar-refractivity contribution is -0.141. The number of hydrogen-bond acceptors (Lipinski definition) is 8. The molecule has 38 heavy (non-hydrogen) atoms. The molecule has 3 heterocycles. The Kier molecular flexibility index (Phi) is 6.50. The Morgan fingerprint density at radius 2 is 1.63 bits per heavy atom. The van der Waals surface area contributed by atoms with Gasteiger partial charge in [0, 0.05) is 25.3 Å². The van der Waals surface area contributed by atoms with E-state index in [1.54, 1.807) is 36.4 Å². The third-order valence-corrected chi connectivity index (χ3v) is 7.65. The van der Waals surface area contributed by atoms with Crippen molar-refractivity contribution in [3.05, 3.63) is 66.7 Å². The molecule has 0 bridgehead atoms. The molecular weight excluding hydrogens is 488 g/mol. The van der Waals surface area contributed by atoms with Gasteiger partial charge in [0.25, 0.3) is 0 Å². The summed E-state index contributed by atoms with van der Waals surface area (Å²) in [6.07, 6.45) is 3.12. The molecule has 0 radical (unpaired) electrons. The lowest BCUT2D eigenvalue weighted by atomic mass is 9.85. The Bertz CT molecular complexity index is 1230. The number of epoxide rings is 1. The number of phenolic OH excluding ortho intramolecular Hbond substituents is 1. The second kappa shape index (κ2) is 10.1. The average molecular weight is 519 g/mol. The normalized spacial score (nSPS) is 27.1. The summed E-state index contributed by atoms with van der Waals surface area (Å²) in [5.41, 5.74) is 1.29. The van der Waals surface area contributed by atoms with Crippen LogP contribution in [0.3, 0.4) is 0 Å². The van der Waals surface area contributed by atoms with E-state index in [0.29, 0.717) is 43.9 Å². The number of amides is 3.